The summed E-state index contributed by atoms with van der Waals surface area (Å²) in [5, 5.41) is 20.0. The van der Waals surface area contributed by atoms with Crippen molar-refractivity contribution >= 4 is 11.2 Å². The largest absolute Gasteiger partial charge is 0.522 e. The highest BCUT2D eigenvalue weighted by atomic mass is 19.4. The van der Waals surface area contributed by atoms with Crippen molar-refractivity contribution in [2.45, 2.75) is 31.0 Å². The normalized spacial score (nSPS) is 28.6. The van der Waals surface area contributed by atoms with Crippen molar-refractivity contribution in [3.8, 4) is 0 Å². The molecule has 7 nitrogen and oxygen atoms in total. The van der Waals surface area contributed by atoms with E-state index in [9.17, 15) is 27.8 Å². The Bertz CT molecular complexity index is 707. The van der Waals surface area contributed by atoms with Crippen molar-refractivity contribution < 1.29 is 32.5 Å². The number of nitrogens with zero attached hydrogens (tertiary/aromatic N) is 4. The van der Waals surface area contributed by atoms with Crippen molar-refractivity contribution in [2.75, 3.05) is 6.61 Å². The second-order valence-corrected chi connectivity index (χ2v) is 5.29. The summed E-state index contributed by atoms with van der Waals surface area (Å²) in [5.41, 5.74) is -0.0321. The molecule has 0 amide bonds. The van der Waals surface area contributed by atoms with Crippen LogP contribution in [0.4, 0.5) is 17.6 Å². The molecule has 1 saturated carbocycles. The molecule has 2 aromatic heterocycles. The van der Waals surface area contributed by atoms with Crippen LogP contribution in [-0.2, 0) is 4.74 Å². The molecule has 1 fully saturated rings. The number of aromatic nitrogens is 4. The molecule has 0 bridgehead atoms. The lowest BCUT2D eigenvalue weighted by molar-refractivity contribution is -0.329. The van der Waals surface area contributed by atoms with Gasteiger partial charge in [0, 0.05) is 5.92 Å². The average molecular weight is 336 g/mol. The summed E-state index contributed by atoms with van der Waals surface area (Å²) in [6.45, 7) is -0.784. The molecule has 2 aromatic rings. The van der Waals surface area contributed by atoms with Crippen molar-refractivity contribution in [3.63, 3.8) is 0 Å². The Hall–Kier alpha value is -1.85. The predicted octanol–water partition coefficient (Wildman–Crippen LogP) is 0.785. The van der Waals surface area contributed by atoms with Gasteiger partial charge in [0.2, 0.25) is 5.95 Å². The van der Waals surface area contributed by atoms with Gasteiger partial charge in [0.05, 0.1) is 25.1 Å². The molecule has 0 aromatic carbocycles. The summed E-state index contributed by atoms with van der Waals surface area (Å²) in [7, 11) is 0. The van der Waals surface area contributed by atoms with Crippen molar-refractivity contribution in [2.24, 2.45) is 5.92 Å². The van der Waals surface area contributed by atoms with E-state index in [1.807, 2.05) is 0 Å². The Balaban J connectivity index is 1.84. The standard InChI is InChI=1S/C12H12F4N4O3/c13-10-7-11(18-3-17-10)20(4-19-7)6-1-5(8(21)9(6)22)2-23-12(14,15)16/h3-6,8-9,21-22H,1-2H2. The summed E-state index contributed by atoms with van der Waals surface area (Å²) in [5.74, 6) is -1.78. The topological polar surface area (TPSA) is 93.3 Å². The van der Waals surface area contributed by atoms with Crippen LogP contribution in [0.1, 0.15) is 12.5 Å². The van der Waals surface area contributed by atoms with Gasteiger partial charge in [-0.15, -0.1) is 13.2 Å². The third-order valence-electron chi connectivity index (χ3n) is 3.90. The summed E-state index contributed by atoms with van der Waals surface area (Å²) in [4.78, 5) is 11.0. The fourth-order valence-electron chi connectivity index (χ4n) is 2.81. The minimum atomic E-state index is -4.82. The monoisotopic (exact) mass is 336 g/mol. The molecular weight excluding hydrogens is 324 g/mol. The zero-order chi connectivity index (χ0) is 16.8. The summed E-state index contributed by atoms with van der Waals surface area (Å²) in [6.07, 6.45) is -5.41. The van der Waals surface area contributed by atoms with Gasteiger partial charge in [-0.05, 0) is 6.42 Å². The maximum atomic E-state index is 13.5. The van der Waals surface area contributed by atoms with Crippen LogP contribution in [-0.4, -0.2) is 54.9 Å². The highest BCUT2D eigenvalue weighted by molar-refractivity contribution is 5.69. The van der Waals surface area contributed by atoms with Gasteiger partial charge in [-0.3, -0.25) is 4.74 Å². The number of alkyl halides is 3. The molecule has 0 spiro atoms. The Labute approximate surface area is 126 Å². The van der Waals surface area contributed by atoms with E-state index < -0.39 is 43.1 Å². The Morgan fingerprint density at radius 1 is 1.22 bits per heavy atom. The third-order valence-corrected chi connectivity index (χ3v) is 3.90. The fourth-order valence-corrected chi connectivity index (χ4v) is 2.81. The lowest BCUT2D eigenvalue weighted by atomic mass is 10.1. The number of ether oxygens (including phenoxy) is 1. The van der Waals surface area contributed by atoms with Crippen LogP contribution in [0, 0.1) is 11.9 Å². The molecule has 126 valence electrons. The number of hydrogen-bond acceptors (Lipinski definition) is 6. The van der Waals surface area contributed by atoms with Crippen LogP contribution in [0.15, 0.2) is 12.7 Å². The highest BCUT2D eigenvalue weighted by Crippen LogP contribution is 2.37. The van der Waals surface area contributed by atoms with Gasteiger partial charge in [0.1, 0.15) is 12.4 Å². The number of aliphatic hydroxyl groups is 2. The van der Waals surface area contributed by atoms with Crippen LogP contribution in [0.3, 0.4) is 0 Å². The molecule has 0 radical (unpaired) electrons. The highest BCUT2D eigenvalue weighted by Gasteiger charge is 2.44. The maximum absolute atomic E-state index is 13.5. The van der Waals surface area contributed by atoms with Crippen LogP contribution in [0.5, 0.6) is 0 Å². The van der Waals surface area contributed by atoms with Gasteiger partial charge in [0.25, 0.3) is 0 Å². The smallest absolute Gasteiger partial charge is 0.390 e. The molecule has 2 heterocycles. The molecule has 23 heavy (non-hydrogen) atoms. The molecule has 0 aliphatic heterocycles. The van der Waals surface area contributed by atoms with E-state index in [0.29, 0.717) is 0 Å². The minimum Gasteiger partial charge on any atom is -0.390 e. The van der Waals surface area contributed by atoms with E-state index in [1.54, 1.807) is 0 Å². The van der Waals surface area contributed by atoms with Crippen LogP contribution in [0.2, 0.25) is 0 Å². The van der Waals surface area contributed by atoms with E-state index in [-0.39, 0.29) is 17.6 Å². The van der Waals surface area contributed by atoms with Gasteiger partial charge in [-0.1, -0.05) is 0 Å². The Morgan fingerprint density at radius 3 is 2.65 bits per heavy atom. The van der Waals surface area contributed by atoms with E-state index in [4.69, 9.17) is 0 Å². The number of imidazole rings is 1. The molecule has 1 aliphatic carbocycles. The number of rotatable bonds is 3. The quantitative estimate of drug-likeness (QED) is 0.636. The van der Waals surface area contributed by atoms with Gasteiger partial charge in [-0.25, -0.2) is 15.0 Å². The molecule has 2 N–H and O–H groups in total. The first-order chi connectivity index (χ1) is 10.8. The molecule has 4 unspecified atom stereocenters. The van der Waals surface area contributed by atoms with Gasteiger partial charge >= 0.3 is 6.36 Å². The Morgan fingerprint density at radius 2 is 1.96 bits per heavy atom. The number of halogens is 4. The molecule has 0 saturated heterocycles. The summed E-state index contributed by atoms with van der Waals surface area (Å²) in [6, 6.07) is -0.800. The first-order valence-corrected chi connectivity index (χ1v) is 6.68. The second-order valence-electron chi connectivity index (χ2n) is 5.29. The van der Waals surface area contributed by atoms with Gasteiger partial charge < -0.3 is 14.8 Å². The molecule has 1 aliphatic rings. The molecular formula is C12H12F4N4O3. The lowest BCUT2D eigenvalue weighted by Gasteiger charge is -2.18. The number of fused-ring (bicyclic) bond motifs is 1. The minimum absolute atomic E-state index is 0.00447. The zero-order valence-corrected chi connectivity index (χ0v) is 11.5. The maximum Gasteiger partial charge on any atom is 0.522 e. The van der Waals surface area contributed by atoms with Gasteiger partial charge in [-0.2, -0.15) is 4.39 Å². The summed E-state index contributed by atoms with van der Waals surface area (Å²) >= 11 is 0. The second kappa shape index (κ2) is 5.65. The Kier molecular flexibility index (Phi) is 3.94. The van der Waals surface area contributed by atoms with Gasteiger partial charge in [0.15, 0.2) is 11.2 Å². The number of hydrogen-bond donors (Lipinski definition) is 2. The van der Waals surface area contributed by atoms with Crippen molar-refractivity contribution in [1.82, 2.24) is 19.5 Å². The first-order valence-electron chi connectivity index (χ1n) is 6.68. The van der Waals surface area contributed by atoms with Crippen molar-refractivity contribution in [1.29, 1.82) is 0 Å². The average Bonchev–Trinajstić information content (AvgIpc) is 3.01. The SMILES string of the molecule is OC1C(COC(F)(F)F)CC(n2cnc3c(F)ncnc32)C1O. The summed E-state index contributed by atoms with van der Waals surface area (Å²) < 4.78 is 54.9. The van der Waals surface area contributed by atoms with E-state index in [2.05, 4.69) is 19.7 Å². The molecule has 11 heteroatoms. The zero-order valence-electron chi connectivity index (χ0n) is 11.5. The predicted molar refractivity (Wildman–Crippen MR) is 66.4 cm³/mol. The number of aliphatic hydroxyl groups excluding tert-OH is 2. The van der Waals surface area contributed by atoms with Crippen LogP contribution in [0.25, 0.3) is 11.2 Å². The molecule has 4 atom stereocenters. The van der Waals surface area contributed by atoms with Crippen LogP contribution >= 0.6 is 0 Å². The fraction of sp³-hybridized carbons (Fsp3) is 0.583. The van der Waals surface area contributed by atoms with E-state index in [0.717, 1.165) is 6.33 Å². The van der Waals surface area contributed by atoms with E-state index in [1.165, 1.54) is 10.9 Å². The first kappa shape index (κ1) is 16.0. The third kappa shape index (κ3) is 2.99. The van der Waals surface area contributed by atoms with Crippen molar-refractivity contribution in [3.05, 3.63) is 18.6 Å². The van der Waals surface area contributed by atoms with Crippen LogP contribution < -0.4 is 0 Å². The molecule has 3 rings (SSSR count). The van der Waals surface area contributed by atoms with E-state index >= 15 is 0 Å². The lowest BCUT2D eigenvalue weighted by Crippen LogP contribution is -2.32.